The van der Waals surface area contributed by atoms with Gasteiger partial charge < -0.3 is 10.1 Å². The normalized spacial score (nSPS) is 11.1. The molecule has 0 saturated heterocycles. The molecule has 7 heteroatoms. The number of benzene rings is 3. The smallest absolute Gasteiger partial charge is 0.255 e. The third-order valence-electron chi connectivity index (χ3n) is 5.05. The molecule has 3 aromatic carbocycles. The number of rotatable bonds is 7. The van der Waals surface area contributed by atoms with Crippen LogP contribution in [0.25, 0.3) is 0 Å². The van der Waals surface area contributed by atoms with Crippen LogP contribution in [0.3, 0.4) is 0 Å². The van der Waals surface area contributed by atoms with Crippen LogP contribution in [-0.2, 0) is 16.6 Å². The Kier molecular flexibility index (Phi) is 6.65. The molecule has 0 aliphatic carbocycles. The fraction of sp³-hybridized carbons (Fsp3) is 0.208. The minimum atomic E-state index is -3.47. The van der Waals surface area contributed by atoms with Crippen LogP contribution in [0.15, 0.2) is 66.7 Å². The van der Waals surface area contributed by atoms with Crippen LogP contribution in [0, 0.1) is 13.8 Å². The molecule has 0 aliphatic rings. The Balaban J connectivity index is 1.76. The Morgan fingerprint density at radius 2 is 1.68 bits per heavy atom. The van der Waals surface area contributed by atoms with Crippen molar-refractivity contribution in [1.29, 1.82) is 0 Å². The van der Waals surface area contributed by atoms with Gasteiger partial charge in [0.05, 0.1) is 25.6 Å². The molecule has 0 atom stereocenters. The lowest BCUT2D eigenvalue weighted by Gasteiger charge is -2.23. The van der Waals surface area contributed by atoms with Crippen LogP contribution in [0.1, 0.15) is 27.0 Å². The predicted octanol–water partition coefficient (Wildman–Crippen LogP) is 4.53. The fourth-order valence-electron chi connectivity index (χ4n) is 3.11. The Bertz CT molecular complexity index is 1190. The number of carbonyl (C=O) groups excluding carboxylic acids is 1. The summed E-state index contributed by atoms with van der Waals surface area (Å²) in [5.74, 6) is 0.356. The summed E-state index contributed by atoms with van der Waals surface area (Å²) >= 11 is 0. The third-order valence-corrected chi connectivity index (χ3v) is 6.19. The highest BCUT2D eigenvalue weighted by molar-refractivity contribution is 7.92. The molecule has 0 aromatic heterocycles. The zero-order valence-corrected chi connectivity index (χ0v) is 18.9. The molecule has 162 valence electrons. The molecule has 31 heavy (non-hydrogen) atoms. The van der Waals surface area contributed by atoms with E-state index in [9.17, 15) is 13.2 Å². The Labute approximate surface area is 183 Å². The van der Waals surface area contributed by atoms with Crippen LogP contribution >= 0.6 is 0 Å². The second kappa shape index (κ2) is 9.22. The van der Waals surface area contributed by atoms with Crippen molar-refractivity contribution in [3.05, 3.63) is 89.0 Å². The Morgan fingerprint density at radius 3 is 2.29 bits per heavy atom. The van der Waals surface area contributed by atoms with Crippen molar-refractivity contribution in [3.8, 4) is 5.75 Å². The van der Waals surface area contributed by atoms with Gasteiger partial charge in [-0.25, -0.2) is 8.42 Å². The van der Waals surface area contributed by atoms with E-state index >= 15 is 0 Å². The predicted molar refractivity (Wildman–Crippen MR) is 124 cm³/mol. The minimum Gasteiger partial charge on any atom is -0.497 e. The van der Waals surface area contributed by atoms with Crippen molar-refractivity contribution in [2.24, 2.45) is 0 Å². The van der Waals surface area contributed by atoms with E-state index in [1.54, 1.807) is 55.6 Å². The van der Waals surface area contributed by atoms with E-state index in [1.165, 1.54) is 10.6 Å². The van der Waals surface area contributed by atoms with Crippen molar-refractivity contribution < 1.29 is 17.9 Å². The van der Waals surface area contributed by atoms with Gasteiger partial charge in [-0.05, 0) is 73.0 Å². The molecule has 0 unspecified atom stereocenters. The standard InChI is InChI=1S/C24H26N2O4S/c1-17-8-13-22(14-18(17)2)26(31(4,28)29)16-19-9-11-21(12-10-19)25-24(27)20-6-5-7-23(15-20)30-3/h5-15H,16H2,1-4H3,(H,25,27). The molecule has 0 fully saturated rings. The van der Waals surface area contributed by atoms with Gasteiger partial charge in [-0.15, -0.1) is 0 Å². The highest BCUT2D eigenvalue weighted by Crippen LogP contribution is 2.24. The molecule has 1 N–H and O–H groups in total. The van der Waals surface area contributed by atoms with E-state index in [0.717, 1.165) is 16.7 Å². The molecule has 1 amide bonds. The first kappa shape index (κ1) is 22.4. The highest BCUT2D eigenvalue weighted by Gasteiger charge is 2.18. The van der Waals surface area contributed by atoms with Crippen LogP contribution in [0.2, 0.25) is 0 Å². The summed E-state index contributed by atoms with van der Waals surface area (Å²) < 4.78 is 31.4. The molecular formula is C24H26N2O4S. The number of carbonyl (C=O) groups is 1. The maximum absolute atomic E-state index is 12.5. The number of hydrogen-bond donors (Lipinski definition) is 1. The average molecular weight is 439 g/mol. The van der Waals surface area contributed by atoms with Crippen molar-refractivity contribution >= 4 is 27.3 Å². The first-order chi connectivity index (χ1) is 14.7. The molecule has 0 heterocycles. The lowest BCUT2D eigenvalue weighted by atomic mass is 10.1. The number of aryl methyl sites for hydroxylation is 2. The largest absolute Gasteiger partial charge is 0.497 e. The number of anilines is 2. The van der Waals surface area contributed by atoms with Gasteiger partial charge in [0.15, 0.2) is 0 Å². The number of methoxy groups -OCH3 is 1. The molecule has 0 radical (unpaired) electrons. The van der Waals surface area contributed by atoms with Crippen molar-refractivity contribution in [3.63, 3.8) is 0 Å². The second-order valence-electron chi connectivity index (χ2n) is 7.42. The minimum absolute atomic E-state index is 0.200. The van der Waals surface area contributed by atoms with Crippen LogP contribution < -0.4 is 14.4 Å². The van der Waals surface area contributed by atoms with E-state index < -0.39 is 10.0 Å². The Morgan fingerprint density at radius 1 is 0.968 bits per heavy atom. The summed E-state index contributed by atoms with van der Waals surface area (Å²) in [6.07, 6.45) is 1.20. The van der Waals surface area contributed by atoms with Crippen LogP contribution in [0.5, 0.6) is 5.75 Å². The Hall–Kier alpha value is -3.32. The topological polar surface area (TPSA) is 75.7 Å². The SMILES string of the molecule is COc1cccc(C(=O)Nc2ccc(CN(c3ccc(C)c(C)c3)S(C)(=O)=O)cc2)c1. The molecule has 3 rings (SSSR count). The molecule has 0 spiro atoms. The van der Waals surface area contributed by atoms with E-state index in [1.807, 2.05) is 32.0 Å². The summed E-state index contributed by atoms with van der Waals surface area (Å²) in [7, 11) is -1.92. The molecule has 3 aromatic rings. The maximum Gasteiger partial charge on any atom is 0.255 e. The second-order valence-corrected chi connectivity index (χ2v) is 9.33. The zero-order valence-electron chi connectivity index (χ0n) is 18.0. The van der Waals surface area contributed by atoms with Crippen molar-refractivity contribution in [1.82, 2.24) is 0 Å². The first-order valence-corrected chi connectivity index (χ1v) is 11.6. The van der Waals surface area contributed by atoms with Gasteiger partial charge in [0.25, 0.3) is 5.91 Å². The summed E-state index contributed by atoms with van der Waals surface area (Å²) in [6, 6.07) is 19.6. The monoisotopic (exact) mass is 438 g/mol. The van der Waals surface area contributed by atoms with Gasteiger partial charge in [0, 0.05) is 11.3 Å². The molecule has 0 saturated carbocycles. The number of nitrogens with zero attached hydrogens (tertiary/aromatic N) is 1. The number of nitrogens with one attached hydrogen (secondary N) is 1. The lowest BCUT2D eigenvalue weighted by molar-refractivity contribution is 0.102. The molecule has 0 aliphatic heterocycles. The number of hydrogen-bond acceptors (Lipinski definition) is 4. The van der Waals surface area contributed by atoms with Gasteiger partial charge in [-0.3, -0.25) is 9.10 Å². The number of ether oxygens (including phenoxy) is 1. The van der Waals surface area contributed by atoms with E-state index in [2.05, 4.69) is 5.32 Å². The maximum atomic E-state index is 12.5. The van der Waals surface area contributed by atoms with Crippen molar-refractivity contribution in [2.45, 2.75) is 20.4 Å². The van der Waals surface area contributed by atoms with Crippen LogP contribution in [-0.4, -0.2) is 27.7 Å². The lowest BCUT2D eigenvalue weighted by Crippen LogP contribution is -2.29. The molecule has 0 bridgehead atoms. The van der Waals surface area contributed by atoms with E-state index in [0.29, 0.717) is 22.7 Å². The number of sulfonamides is 1. The van der Waals surface area contributed by atoms with Crippen LogP contribution in [0.4, 0.5) is 11.4 Å². The van der Waals surface area contributed by atoms with Gasteiger partial charge in [0.2, 0.25) is 10.0 Å². The van der Waals surface area contributed by atoms with E-state index in [-0.39, 0.29) is 12.5 Å². The summed E-state index contributed by atoms with van der Waals surface area (Å²) in [4.78, 5) is 12.5. The van der Waals surface area contributed by atoms with E-state index in [4.69, 9.17) is 4.74 Å². The summed E-state index contributed by atoms with van der Waals surface area (Å²) in [5.41, 5.74) is 4.68. The highest BCUT2D eigenvalue weighted by atomic mass is 32.2. The molecule has 6 nitrogen and oxygen atoms in total. The number of amides is 1. The van der Waals surface area contributed by atoms with Gasteiger partial charge in [-0.1, -0.05) is 24.3 Å². The third kappa shape index (κ3) is 5.64. The van der Waals surface area contributed by atoms with Crippen molar-refractivity contribution in [2.75, 3.05) is 23.0 Å². The van der Waals surface area contributed by atoms with Gasteiger partial charge >= 0.3 is 0 Å². The average Bonchev–Trinajstić information content (AvgIpc) is 2.74. The zero-order chi connectivity index (χ0) is 22.6. The molecular weight excluding hydrogens is 412 g/mol. The first-order valence-electron chi connectivity index (χ1n) is 9.76. The quantitative estimate of drug-likeness (QED) is 0.588. The fourth-order valence-corrected chi connectivity index (χ4v) is 3.99. The van der Waals surface area contributed by atoms with Gasteiger partial charge in [-0.2, -0.15) is 0 Å². The summed E-state index contributed by atoms with van der Waals surface area (Å²) in [5, 5.41) is 2.84. The van der Waals surface area contributed by atoms with Gasteiger partial charge in [0.1, 0.15) is 5.75 Å². The summed E-state index contributed by atoms with van der Waals surface area (Å²) in [6.45, 7) is 4.15.